The van der Waals surface area contributed by atoms with Crippen molar-refractivity contribution >= 4 is 23.0 Å². The summed E-state index contributed by atoms with van der Waals surface area (Å²) in [6.45, 7) is 0. The summed E-state index contributed by atoms with van der Waals surface area (Å²) in [6, 6.07) is 17.0. The van der Waals surface area contributed by atoms with Gasteiger partial charge in [0.1, 0.15) is 11.1 Å². The lowest BCUT2D eigenvalue weighted by molar-refractivity contribution is 0.373. The van der Waals surface area contributed by atoms with Crippen LogP contribution in [0, 0.1) is 11.3 Å². The quantitative estimate of drug-likeness (QED) is 0.709. The van der Waals surface area contributed by atoms with E-state index < -0.39 is 0 Å². The molecule has 2 aromatic carbocycles. The zero-order valence-corrected chi connectivity index (χ0v) is 13.7. The highest BCUT2D eigenvalue weighted by molar-refractivity contribution is 7.11. The number of phenolic OH excluding ortho intramolecular Hbond substituents is 1. The van der Waals surface area contributed by atoms with E-state index in [0.29, 0.717) is 21.9 Å². The van der Waals surface area contributed by atoms with Crippen LogP contribution in [0.1, 0.15) is 10.6 Å². The molecule has 1 N–H and O–H groups in total. The van der Waals surface area contributed by atoms with Crippen LogP contribution in [-0.2, 0) is 0 Å². The van der Waals surface area contributed by atoms with Gasteiger partial charge in [-0.05, 0) is 23.8 Å². The van der Waals surface area contributed by atoms with Crippen LogP contribution in [0.3, 0.4) is 0 Å². The third-order valence-electron chi connectivity index (χ3n) is 3.44. The molecule has 5 heteroatoms. The fraction of sp³-hybridized carbons (Fsp3) is 0.0526. The van der Waals surface area contributed by atoms with Crippen LogP contribution >= 0.6 is 11.3 Å². The number of aromatic nitrogens is 1. The molecule has 1 aromatic heterocycles. The van der Waals surface area contributed by atoms with Gasteiger partial charge in [-0.1, -0.05) is 36.4 Å². The molecule has 4 nitrogen and oxygen atoms in total. The van der Waals surface area contributed by atoms with Gasteiger partial charge in [0.05, 0.1) is 18.4 Å². The molecule has 1 heterocycles. The second-order valence-electron chi connectivity index (χ2n) is 5.01. The normalized spacial score (nSPS) is 11.1. The van der Waals surface area contributed by atoms with Gasteiger partial charge in [-0.15, -0.1) is 11.3 Å². The summed E-state index contributed by atoms with van der Waals surface area (Å²) in [5, 5.41) is 21.9. The summed E-state index contributed by atoms with van der Waals surface area (Å²) in [5.41, 5.74) is 3.02. The van der Waals surface area contributed by atoms with Gasteiger partial charge in [0.25, 0.3) is 0 Å². The van der Waals surface area contributed by atoms with Gasteiger partial charge < -0.3 is 9.84 Å². The number of rotatable bonds is 4. The van der Waals surface area contributed by atoms with Crippen LogP contribution in [0.15, 0.2) is 53.9 Å². The van der Waals surface area contributed by atoms with Crippen molar-refractivity contribution in [1.29, 1.82) is 5.26 Å². The molecule has 0 unspecified atom stereocenters. The highest BCUT2D eigenvalue weighted by atomic mass is 32.1. The number of hydrogen-bond donors (Lipinski definition) is 1. The molecule has 0 bridgehead atoms. The van der Waals surface area contributed by atoms with E-state index in [9.17, 15) is 10.4 Å². The minimum atomic E-state index is 0.0349. The topological polar surface area (TPSA) is 66.1 Å². The Kier molecular flexibility index (Phi) is 4.59. The SMILES string of the molecule is COc1ccc(/C=C(\C#N)c2nc(-c3ccccc3)cs2)cc1O. The van der Waals surface area contributed by atoms with Gasteiger partial charge >= 0.3 is 0 Å². The zero-order chi connectivity index (χ0) is 16.9. The van der Waals surface area contributed by atoms with Gasteiger partial charge in [0.15, 0.2) is 11.5 Å². The lowest BCUT2D eigenvalue weighted by Gasteiger charge is -2.03. The minimum absolute atomic E-state index is 0.0349. The average molecular weight is 334 g/mol. The average Bonchev–Trinajstić information content (AvgIpc) is 3.10. The first-order valence-electron chi connectivity index (χ1n) is 7.21. The molecule has 24 heavy (non-hydrogen) atoms. The third-order valence-corrected chi connectivity index (χ3v) is 4.31. The van der Waals surface area contributed by atoms with E-state index in [1.165, 1.54) is 18.4 Å². The summed E-state index contributed by atoms with van der Waals surface area (Å²) in [6.07, 6.45) is 1.70. The van der Waals surface area contributed by atoms with Gasteiger partial charge in [-0.3, -0.25) is 0 Å². The molecule has 0 fully saturated rings. The van der Waals surface area contributed by atoms with Crippen molar-refractivity contribution in [2.45, 2.75) is 0 Å². The summed E-state index contributed by atoms with van der Waals surface area (Å²) in [7, 11) is 1.49. The number of thiazole rings is 1. The highest BCUT2D eigenvalue weighted by Crippen LogP contribution is 2.30. The molecule has 0 aliphatic carbocycles. The number of ether oxygens (including phenoxy) is 1. The third kappa shape index (κ3) is 3.29. The summed E-state index contributed by atoms with van der Waals surface area (Å²) < 4.78 is 5.02. The molecule has 3 rings (SSSR count). The fourth-order valence-corrected chi connectivity index (χ4v) is 3.04. The van der Waals surface area contributed by atoms with Crippen molar-refractivity contribution in [2.24, 2.45) is 0 Å². The van der Waals surface area contributed by atoms with Crippen LogP contribution in [0.5, 0.6) is 11.5 Å². The first kappa shape index (κ1) is 15.8. The van der Waals surface area contributed by atoms with Crippen LogP contribution in [0.2, 0.25) is 0 Å². The standard InChI is InChI=1S/C19H14N2O2S/c1-23-18-8-7-13(10-17(18)22)9-15(11-20)19-21-16(12-24-19)14-5-3-2-4-6-14/h2-10,12,22H,1H3/b15-9+. The van der Waals surface area contributed by atoms with Gasteiger partial charge in [-0.2, -0.15) is 5.26 Å². The molecule has 0 spiro atoms. The second kappa shape index (κ2) is 6.99. The van der Waals surface area contributed by atoms with Crippen LogP contribution < -0.4 is 4.74 Å². The van der Waals surface area contributed by atoms with Crippen molar-refractivity contribution in [3.05, 3.63) is 64.5 Å². The monoisotopic (exact) mass is 334 g/mol. The van der Waals surface area contributed by atoms with Gasteiger partial charge in [0.2, 0.25) is 0 Å². The van der Waals surface area contributed by atoms with Crippen molar-refractivity contribution in [2.75, 3.05) is 7.11 Å². The molecule has 0 radical (unpaired) electrons. The number of hydrogen-bond acceptors (Lipinski definition) is 5. The lowest BCUT2D eigenvalue weighted by Crippen LogP contribution is -1.85. The Morgan fingerprint density at radius 3 is 2.71 bits per heavy atom. The minimum Gasteiger partial charge on any atom is -0.504 e. The van der Waals surface area contributed by atoms with Crippen LogP contribution in [-0.4, -0.2) is 17.2 Å². The molecule has 0 saturated carbocycles. The van der Waals surface area contributed by atoms with Crippen molar-refractivity contribution in [1.82, 2.24) is 4.98 Å². The Morgan fingerprint density at radius 2 is 2.04 bits per heavy atom. The predicted molar refractivity (Wildman–Crippen MR) is 95.7 cm³/mol. The Hall–Kier alpha value is -3.10. The van der Waals surface area contributed by atoms with E-state index in [-0.39, 0.29) is 5.75 Å². The summed E-state index contributed by atoms with van der Waals surface area (Å²) in [5.74, 6) is 0.430. The molecule has 0 saturated heterocycles. The molecular weight excluding hydrogens is 320 g/mol. The highest BCUT2D eigenvalue weighted by Gasteiger charge is 2.09. The molecule has 0 amide bonds. The summed E-state index contributed by atoms with van der Waals surface area (Å²) >= 11 is 1.42. The lowest BCUT2D eigenvalue weighted by atomic mass is 10.1. The molecular formula is C19H14N2O2S. The first-order valence-corrected chi connectivity index (χ1v) is 8.09. The number of nitriles is 1. The van der Waals surface area contributed by atoms with Crippen molar-refractivity contribution < 1.29 is 9.84 Å². The van der Waals surface area contributed by atoms with Gasteiger partial charge in [0, 0.05) is 10.9 Å². The molecule has 118 valence electrons. The second-order valence-corrected chi connectivity index (χ2v) is 5.86. The maximum atomic E-state index is 9.85. The zero-order valence-electron chi connectivity index (χ0n) is 12.9. The van der Waals surface area contributed by atoms with Gasteiger partial charge in [-0.25, -0.2) is 4.98 Å². The van der Waals surface area contributed by atoms with Crippen LogP contribution in [0.4, 0.5) is 0 Å². The number of benzene rings is 2. The molecule has 0 aliphatic heterocycles. The Morgan fingerprint density at radius 1 is 1.25 bits per heavy atom. The summed E-state index contributed by atoms with van der Waals surface area (Å²) in [4.78, 5) is 4.54. The number of methoxy groups -OCH3 is 1. The fourth-order valence-electron chi connectivity index (χ4n) is 2.24. The van der Waals surface area contributed by atoms with Crippen LogP contribution in [0.25, 0.3) is 22.9 Å². The molecule has 0 atom stereocenters. The number of allylic oxidation sites excluding steroid dienone is 1. The smallest absolute Gasteiger partial charge is 0.160 e. The van der Waals surface area contributed by atoms with E-state index in [4.69, 9.17) is 4.74 Å². The van der Waals surface area contributed by atoms with E-state index in [1.54, 1.807) is 24.3 Å². The van der Waals surface area contributed by atoms with E-state index in [2.05, 4.69) is 11.1 Å². The van der Waals surface area contributed by atoms with E-state index >= 15 is 0 Å². The molecule has 0 aliphatic rings. The number of nitrogens with zero attached hydrogens (tertiary/aromatic N) is 2. The Balaban J connectivity index is 1.94. The number of phenols is 1. The van der Waals surface area contributed by atoms with Crippen molar-refractivity contribution in [3.8, 4) is 28.8 Å². The van der Waals surface area contributed by atoms with E-state index in [1.807, 2.05) is 35.7 Å². The number of aromatic hydroxyl groups is 1. The van der Waals surface area contributed by atoms with Crippen molar-refractivity contribution in [3.63, 3.8) is 0 Å². The Bertz CT molecular complexity index is 924. The maximum Gasteiger partial charge on any atom is 0.160 e. The largest absolute Gasteiger partial charge is 0.504 e. The first-order chi connectivity index (χ1) is 11.7. The Labute approximate surface area is 143 Å². The predicted octanol–water partition coefficient (Wildman–Crippen LogP) is 4.59. The van der Waals surface area contributed by atoms with E-state index in [0.717, 1.165) is 11.3 Å². The maximum absolute atomic E-state index is 9.85. The molecule has 3 aromatic rings.